The van der Waals surface area contributed by atoms with Crippen molar-refractivity contribution in [3.8, 4) is 0 Å². The maximum absolute atomic E-state index is 12.4. The molecular weight excluding hydrogens is 356 g/mol. The third-order valence-corrected chi connectivity index (χ3v) is 4.56. The van der Waals surface area contributed by atoms with Crippen molar-refractivity contribution in [2.75, 3.05) is 18.9 Å². The van der Waals surface area contributed by atoms with Crippen molar-refractivity contribution in [2.24, 2.45) is 0 Å². The maximum Gasteiger partial charge on any atom is 0.254 e. The number of likely N-dealkylation sites (N-methyl/N-ethyl adjacent to an activating group) is 1. The van der Waals surface area contributed by atoms with Gasteiger partial charge in [-0.1, -0.05) is 31.5 Å². The van der Waals surface area contributed by atoms with Crippen molar-refractivity contribution in [3.05, 3.63) is 59.1 Å². The summed E-state index contributed by atoms with van der Waals surface area (Å²) in [6.07, 6.45) is 0. The molecule has 0 aliphatic carbocycles. The molecule has 0 saturated carbocycles. The highest BCUT2D eigenvalue weighted by Crippen LogP contribution is 2.23. The summed E-state index contributed by atoms with van der Waals surface area (Å²) in [6, 6.07) is 14.3. The Balaban J connectivity index is 1.94. The molecule has 132 valence electrons. The highest BCUT2D eigenvalue weighted by atomic mass is 35.5. The molecule has 0 unspecified atom stereocenters. The van der Waals surface area contributed by atoms with E-state index in [9.17, 15) is 9.59 Å². The summed E-state index contributed by atoms with van der Waals surface area (Å²) < 4.78 is 0. The average Bonchev–Trinajstić information content (AvgIpc) is 2.54. The quantitative estimate of drug-likeness (QED) is 0.752. The predicted octanol–water partition coefficient (Wildman–Crippen LogP) is 4.55. The number of carbonyl (C=O) groups excluding carboxylic acids is 2. The molecule has 0 aliphatic rings. The van der Waals surface area contributed by atoms with Gasteiger partial charge in [0.15, 0.2) is 0 Å². The Labute approximate surface area is 157 Å². The first-order valence-electron chi connectivity index (χ1n) is 7.93. The summed E-state index contributed by atoms with van der Waals surface area (Å²) in [7, 11) is 1.61. The zero-order valence-electron chi connectivity index (χ0n) is 14.5. The first kappa shape index (κ1) is 19.3. The summed E-state index contributed by atoms with van der Waals surface area (Å²) in [4.78, 5) is 27.0. The molecule has 0 radical (unpaired) electrons. The molecule has 2 amide bonds. The van der Waals surface area contributed by atoms with Gasteiger partial charge >= 0.3 is 0 Å². The van der Waals surface area contributed by atoms with Crippen molar-refractivity contribution in [2.45, 2.75) is 24.0 Å². The van der Waals surface area contributed by atoms with Crippen molar-refractivity contribution in [3.63, 3.8) is 0 Å². The third kappa shape index (κ3) is 6.11. The molecule has 2 aromatic rings. The van der Waals surface area contributed by atoms with Crippen molar-refractivity contribution < 1.29 is 9.59 Å². The van der Waals surface area contributed by atoms with Crippen LogP contribution < -0.4 is 5.32 Å². The Bertz CT molecular complexity index is 747. The molecule has 6 heteroatoms. The second-order valence-electron chi connectivity index (χ2n) is 5.91. The number of halogens is 1. The lowest BCUT2D eigenvalue weighted by molar-refractivity contribution is -0.116. The predicted molar refractivity (Wildman–Crippen MR) is 104 cm³/mol. The second kappa shape index (κ2) is 8.92. The van der Waals surface area contributed by atoms with E-state index in [0.29, 0.717) is 21.5 Å². The van der Waals surface area contributed by atoms with Gasteiger partial charge in [0.05, 0.1) is 6.54 Å². The molecule has 1 N–H and O–H groups in total. The van der Waals surface area contributed by atoms with Crippen LogP contribution in [-0.2, 0) is 4.79 Å². The number of hydrogen-bond donors (Lipinski definition) is 1. The van der Waals surface area contributed by atoms with E-state index in [1.165, 1.54) is 4.90 Å². The summed E-state index contributed by atoms with van der Waals surface area (Å²) in [5.74, 6) is -0.465. The van der Waals surface area contributed by atoms with E-state index in [1.54, 1.807) is 55.2 Å². The smallest absolute Gasteiger partial charge is 0.254 e. The Morgan fingerprint density at radius 3 is 2.44 bits per heavy atom. The fraction of sp³-hybridized carbons (Fsp3) is 0.263. The van der Waals surface area contributed by atoms with Crippen LogP contribution in [0.4, 0.5) is 5.69 Å². The van der Waals surface area contributed by atoms with Crippen LogP contribution in [-0.4, -0.2) is 35.6 Å². The zero-order valence-corrected chi connectivity index (χ0v) is 16.0. The number of thioether (sulfide) groups is 1. The van der Waals surface area contributed by atoms with E-state index in [2.05, 4.69) is 19.2 Å². The number of hydrogen-bond acceptors (Lipinski definition) is 3. The van der Waals surface area contributed by atoms with Crippen LogP contribution in [0, 0.1) is 0 Å². The first-order chi connectivity index (χ1) is 11.8. The SMILES string of the molecule is CC(C)Sc1ccc(C(=O)N(C)CC(=O)Nc2cccc(Cl)c2)cc1. The Kier molecular flexibility index (Phi) is 6.91. The minimum absolute atomic E-state index is 0.0339. The second-order valence-corrected chi connectivity index (χ2v) is 8.00. The lowest BCUT2D eigenvalue weighted by atomic mass is 10.2. The molecule has 25 heavy (non-hydrogen) atoms. The summed E-state index contributed by atoms with van der Waals surface area (Å²) in [5.41, 5.74) is 1.17. The van der Waals surface area contributed by atoms with Gasteiger partial charge in [-0.15, -0.1) is 11.8 Å². The van der Waals surface area contributed by atoms with Gasteiger partial charge in [-0.2, -0.15) is 0 Å². The van der Waals surface area contributed by atoms with Gasteiger partial charge in [-0.3, -0.25) is 9.59 Å². The molecule has 0 atom stereocenters. The molecule has 2 rings (SSSR count). The van der Waals surface area contributed by atoms with E-state index in [1.807, 2.05) is 12.1 Å². The van der Waals surface area contributed by atoms with Gasteiger partial charge in [0, 0.05) is 33.5 Å². The van der Waals surface area contributed by atoms with Gasteiger partial charge in [0.25, 0.3) is 5.91 Å². The fourth-order valence-corrected chi connectivity index (χ4v) is 3.25. The van der Waals surface area contributed by atoms with Crippen molar-refractivity contribution >= 4 is 40.9 Å². The van der Waals surface area contributed by atoms with E-state index in [-0.39, 0.29) is 18.4 Å². The number of anilines is 1. The fourth-order valence-electron chi connectivity index (χ4n) is 2.22. The average molecular weight is 377 g/mol. The number of nitrogens with zero attached hydrogens (tertiary/aromatic N) is 1. The highest BCUT2D eigenvalue weighted by molar-refractivity contribution is 7.99. The zero-order chi connectivity index (χ0) is 18.4. The Morgan fingerprint density at radius 1 is 1.16 bits per heavy atom. The van der Waals surface area contributed by atoms with E-state index in [0.717, 1.165) is 4.90 Å². The normalized spacial score (nSPS) is 10.6. The molecule has 0 fully saturated rings. The first-order valence-corrected chi connectivity index (χ1v) is 9.18. The van der Waals surface area contributed by atoms with E-state index >= 15 is 0 Å². The van der Waals surface area contributed by atoms with Crippen LogP contribution in [0.3, 0.4) is 0 Å². The van der Waals surface area contributed by atoms with Crippen molar-refractivity contribution in [1.82, 2.24) is 4.90 Å². The van der Waals surface area contributed by atoms with E-state index < -0.39 is 0 Å². The number of nitrogens with one attached hydrogen (secondary N) is 1. The number of rotatable bonds is 6. The van der Waals surface area contributed by atoms with Crippen LogP contribution in [0.25, 0.3) is 0 Å². The molecule has 2 aromatic carbocycles. The minimum Gasteiger partial charge on any atom is -0.332 e. The Hall–Kier alpha value is -1.98. The van der Waals surface area contributed by atoms with Gasteiger partial charge in [0.2, 0.25) is 5.91 Å². The minimum atomic E-state index is -0.273. The van der Waals surface area contributed by atoms with Crippen molar-refractivity contribution in [1.29, 1.82) is 0 Å². The van der Waals surface area contributed by atoms with Crippen LogP contribution in [0.5, 0.6) is 0 Å². The number of carbonyl (C=O) groups is 2. The summed E-state index contributed by atoms with van der Waals surface area (Å²) >= 11 is 7.63. The van der Waals surface area contributed by atoms with E-state index in [4.69, 9.17) is 11.6 Å². The molecule has 0 bridgehead atoms. The van der Waals surface area contributed by atoms with Crippen LogP contribution in [0.2, 0.25) is 5.02 Å². The van der Waals surface area contributed by atoms with Gasteiger partial charge in [-0.25, -0.2) is 0 Å². The largest absolute Gasteiger partial charge is 0.332 e. The monoisotopic (exact) mass is 376 g/mol. The summed E-state index contributed by atoms with van der Waals surface area (Å²) in [5, 5.41) is 3.76. The highest BCUT2D eigenvalue weighted by Gasteiger charge is 2.15. The van der Waals surface area contributed by atoms with Gasteiger partial charge in [-0.05, 0) is 42.5 Å². The molecule has 0 saturated heterocycles. The van der Waals surface area contributed by atoms with Crippen LogP contribution >= 0.6 is 23.4 Å². The molecule has 0 heterocycles. The molecule has 4 nitrogen and oxygen atoms in total. The van der Waals surface area contributed by atoms with Gasteiger partial charge < -0.3 is 10.2 Å². The molecular formula is C19H21ClN2O2S. The van der Waals surface area contributed by atoms with Gasteiger partial charge in [0.1, 0.15) is 0 Å². The van der Waals surface area contributed by atoms with Crippen LogP contribution in [0.1, 0.15) is 24.2 Å². The lowest BCUT2D eigenvalue weighted by Gasteiger charge is -2.17. The summed E-state index contributed by atoms with van der Waals surface area (Å²) in [6.45, 7) is 4.21. The molecule has 0 aliphatic heterocycles. The Morgan fingerprint density at radius 2 is 1.84 bits per heavy atom. The van der Waals surface area contributed by atoms with Crippen LogP contribution in [0.15, 0.2) is 53.4 Å². The lowest BCUT2D eigenvalue weighted by Crippen LogP contribution is -2.34. The molecule has 0 aromatic heterocycles. The number of amides is 2. The third-order valence-electron chi connectivity index (χ3n) is 3.31. The standard InChI is InChI=1S/C19H21ClN2O2S/c1-13(2)25-17-9-7-14(8-10-17)19(24)22(3)12-18(23)21-16-6-4-5-15(20)11-16/h4-11,13H,12H2,1-3H3,(H,21,23). The topological polar surface area (TPSA) is 49.4 Å². The molecule has 0 spiro atoms. The number of benzene rings is 2. The maximum atomic E-state index is 12.4.